The first-order valence-corrected chi connectivity index (χ1v) is 6.12. The number of rotatable bonds is 5. The van der Waals surface area contributed by atoms with Gasteiger partial charge in [0.05, 0.1) is 5.75 Å². The Balaban J connectivity index is -0.000000267. The van der Waals surface area contributed by atoms with E-state index in [1.165, 1.54) is 0 Å². The van der Waals surface area contributed by atoms with E-state index in [2.05, 4.69) is 5.32 Å². The minimum atomic E-state index is -3.70. The van der Waals surface area contributed by atoms with Gasteiger partial charge in [0.2, 0.25) is 0 Å². The predicted octanol–water partition coefficient (Wildman–Crippen LogP) is 1.44. The van der Waals surface area contributed by atoms with Gasteiger partial charge in [0, 0.05) is 0 Å². The Hall–Kier alpha value is -0.200. The number of halogens is 1. The van der Waals surface area contributed by atoms with Crippen molar-refractivity contribution in [2.45, 2.75) is 32.6 Å². The van der Waals surface area contributed by atoms with Crippen LogP contribution in [-0.2, 0) is 10.1 Å². The van der Waals surface area contributed by atoms with E-state index < -0.39 is 10.1 Å². The largest absolute Gasteiger partial charge is 0.323 e. The van der Waals surface area contributed by atoms with E-state index in [9.17, 15) is 8.42 Å². The zero-order chi connectivity index (χ0) is 10.7. The molecule has 0 aliphatic rings. The normalized spacial score (nSPS) is 9.71. The van der Waals surface area contributed by atoms with Crippen molar-refractivity contribution in [1.82, 2.24) is 5.32 Å². The van der Waals surface area contributed by atoms with E-state index in [-0.39, 0.29) is 10.5 Å². The van der Waals surface area contributed by atoms with Crippen molar-refractivity contribution < 1.29 is 17.7 Å². The molecule has 90 valence electrons. The van der Waals surface area contributed by atoms with Crippen molar-refractivity contribution in [1.29, 1.82) is 0 Å². The van der Waals surface area contributed by atoms with Gasteiger partial charge in [0.15, 0.2) is 0 Å². The summed E-state index contributed by atoms with van der Waals surface area (Å²) in [5, 5.41) is 2.75. The lowest BCUT2D eigenvalue weighted by Gasteiger charge is -1.95. The van der Waals surface area contributed by atoms with E-state index in [4.69, 9.17) is 4.55 Å². The highest BCUT2D eigenvalue weighted by Crippen LogP contribution is 2.00. The molecular formula is C8H22FNO3S. The fourth-order valence-electron chi connectivity index (χ4n) is 0.711. The van der Waals surface area contributed by atoms with Crippen molar-refractivity contribution in [3.05, 3.63) is 0 Å². The molecule has 0 fully saturated rings. The molecule has 0 bridgehead atoms. The third-order valence-electron chi connectivity index (χ3n) is 1.26. The molecule has 0 spiro atoms. The van der Waals surface area contributed by atoms with Gasteiger partial charge in [-0.1, -0.05) is 26.2 Å². The van der Waals surface area contributed by atoms with E-state index in [1.54, 1.807) is 0 Å². The Kier molecular flexibility index (Phi) is 17.7. The summed E-state index contributed by atoms with van der Waals surface area (Å²) in [6.07, 6.45) is 3.57. The summed E-state index contributed by atoms with van der Waals surface area (Å²) in [6, 6.07) is 0. The van der Waals surface area contributed by atoms with Gasteiger partial charge in [-0.2, -0.15) is 8.42 Å². The van der Waals surface area contributed by atoms with Gasteiger partial charge >= 0.3 is 0 Å². The average Bonchev–Trinajstić information content (AvgIpc) is 1.98. The third-order valence-corrected chi connectivity index (χ3v) is 2.06. The van der Waals surface area contributed by atoms with E-state index >= 15 is 0 Å². The standard InChI is InChI=1S/C6H14O3S.C2H7N.FH/c1-2-3-4-5-6-10(7,8)9;1-3-2;/h2-6H2,1H3,(H,7,8,9);3H,1-2H3;1H. The van der Waals surface area contributed by atoms with Gasteiger partial charge < -0.3 is 5.32 Å². The molecule has 0 aromatic rings. The summed E-state index contributed by atoms with van der Waals surface area (Å²) in [6.45, 7) is 2.05. The van der Waals surface area contributed by atoms with Crippen LogP contribution in [-0.4, -0.2) is 32.8 Å². The van der Waals surface area contributed by atoms with Gasteiger partial charge in [-0.05, 0) is 20.5 Å². The molecule has 0 amide bonds. The fourth-order valence-corrected chi connectivity index (χ4v) is 1.28. The third kappa shape index (κ3) is 29.8. The zero-order valence-corrected chi connectivity index (χ0v) is 9.93. The van der Waals surface area contributed by atoms with Crippen LogP contribution >= 0.6 is 0 Å². The van der Waals surface area contributed by atoms with Crippen LogP contribution in [0.25, 0.3) is 0 Å². The number of nitrogens with one attached hydrogen (secondary N) is 1. The molecule has 14 heavy (non-hydrogen) atoms. The minimum absolute atomic E-state index is 0. The Morgan fingerprint density at radius 1 is 1.14 bits per heavy atom. The van der Waals surface area contributed by atoms with Crippen LogP contribution in [0.1, 0.15) is 32.6 Å². The Morgan fingerprint density at radius 2 is 1.57 bits per heavy atom. The van der Waals surface area contributed by atoms with Crippen LogP contribution in [0, 0.1) is 0 Å². The lowest BCUT2D eigenvalue weighted by atomic mass is 10.2. The highest BCUT2D eigenvalue weighted by molar-refractivity contribution is 7.85. The second-order valence-electron chi connectivity index (χ2n) is 2.85. The lowest BCUT2D eigenvalue weighted by Crippen LogP contribution is -2.03. The van der Waals surface area contributed by atoms with Crippen LogP contribution < -0.4 is 5.32 Å². The number of hydrogen-bond acceptors (Lipinski definition) is 3. The molecule has 6 heteroatoms. The van der Waals surface area contributed by atoms with E-state index in [0.717, 1.165) is 19.3 Å². The summed E-state index contributed by atoms with van der Waals surface area (Å²) in [5.41, 5.74) is 0. The van der Waals surface area contributed by atoms with Crippen LogP contribution in [0.4, 0.5) is 4.70 Å². The molecule has 0 radical (unpaired) electrons. The SMILES string of the molecule is CCCCCCS(=O)(=O)O.CNC.F. The topological polar surface area (TPSA) is 66.4 Å². The lowest BCUT2D eigenvalue weighted by molar-refractivity contribution is 0.479. The molecule has 0 aliphatic carbocycles. The monoisotopic (exact) mass is 231 g/mol. The van der Waals surface area contributed by atoms with Crippen molar-refractivity contribution in [2.24, 2.45) is 0 Å². The molecule has 0 atom stereocenters. The highest BCUT2D eigenvalue weighted by atomic mass is 32.2. The Bertz CT molecular complexity index is 183. The van der Waals surface area contributed by atoms with Crippen molar-refractivity contribution in [3.63, 3.8) is 0 Å². The second-order valence-corrected chi connectivity index (χ2v) is 4.42. The minimum Gasteiger partial charge on any atom is -0.323 e. The van der Waals surface area contributed by atoms with Gasteiger partial charge in [-0.15, -0.1) is 0 Å². The molecule has 0 unspecified atom stereocenters. The maximum Gasteiger partial charge on any atom is 0.264 e. The Labute approximate surface area is 86.2 Å². The van der Waals surface area contributed by atoms with Crippen LogP contribution in [0.2, 0.25) is 0 Å². The van der Waals surface area contributed by atoms with Gasteiger partial charge in [0.1, 0.15) is 0 Å². The molecule has 0 aromatic heterocycles. The molecular weight excluding hydrogens is 209 g/mol. The van der Waals surface area contributed by atoms with Gasteiger partial charge in [-0.25, -0.2) is 0 Å². The molecule has 4 nitrogen and oxygen atoms in total. The van der Waals surface area contributed by atoms with E-state index in [1.807, 2.05) is 21.0 Å². The van der Waals surface area contributed by atoms with Gasteiger partial charge in [0.25, 0.3) is 10.1 Å². The number of hydrogen-bond donors (Lipinski definition) is 2. The Morgan fingerprint density at radius 3 is 1.86 bits per heavy atom. The highest BCUT2D eigenvalue weighted by Gasteiger charge is 2.01. The first-order chi connectivity index (χ1) is 5.97. The summed E-state index contributed by atoms with van der Waals surface area (Å²) in [7, 11) is 0.0454. The quantitative estimate of drug-likeness (QED) is 0.555. The molecule has 0 heterocycles. The van der Waals surface area contributed by atoms with Crippen molar-refractivity contribution in [2.75, 3.05) is 19.8 Å². The molecule has 0 saturated heterocycles. The second kappa shape index (κ2) is 12.8. The van der Waals surface area contributed by atoms with Crippen molar-refractivity contribution >= 4 is 10.1 Å². The van der Waals surface area contributed by atoms with Gasteiger partial charge in [-0.3, -0.25) is 9.26 Å². The molecule has 2 N–H and O–H groups in total. The smallest absolute Gasteiger partial charge is 0.264 e. The van der Waals surface area contributed by atoms with E-state index in [0.29, 0.717) is 6.42 Å². The van der Waals surface area contributed by atoms with Crippen LogP contribution in [0.3, 0.4) is 0 Å². The molecule has 0 aromatic carbocycles. The van der Waals surface area contributed by atoms with Crippen LogP contribution in [0.5, 0.6) is 0 Å². The van der Waals surface area contributed by atoms with Crippen molar-refractivity contribution in [3.8, 4) is 0 Å². The summed E-state index contributed by atoms with van der Waals surface area (Å²) in [4.78, 5) is 0. The first kappa shape index (κ1) is 19.4. The zero-order valence-electron chi connectivity index (χ0n) is 9.12. The molecule has 0 rings (SSSR count). The average molecular weight is 231 g/mol. The summed E-state index contributed by atoms with van der Waals surface area (Å²) < 4.78 is 28.6. The maximum atomic E-state index is 10.1. The maximum absolute atomic E-state index is 10.1. The number of unbranched alkanes of at least 4 members (excludes halogenated alkanes) is 3. The summed E-state index contributed by atoms with van der Waals surface area (Å²) in [5.74, 6) is -0.0903. The van der Waals surface area contributed by atoms with Crippen LogP contribution in [0.15, 0.2) is 0 Å². The molecule has 0 aliphatic heterocycles. The fraction of sp³-hybridized carbons (Fsp3) is 1.00. The molecule has 0 saturated carbocycles. The predicted molar refractivity (Wildman–Crippen MR) is 58.0 cm³/mol. The summed E-state index contributed by atoms with van der Waals surface area (Å²) >= 11 is 0. The first-order valence-electron chi connectivity index (χ1n) is 4.51.